The van der Waals surface area contributed by atoms with Gasteiger partial charge in [-0.2, -0.15) is 23.2 Å². The lowest BCUT2D eigenvalue weighted by Gasteiger charge is -2.16. The lowest BCUT2D eigenvalue weighted by molar-refractivity contribution is -0.137. The molecule has 14 nitrogen and oxygen atoms in total. The average molecular weight is 731 g/mol. The lowest BCUT2D eigenvalue weighted by Crippen LogP contribution is -2.28. The summed E-state index contributed by atoms with van der Waals surface area (Å²) in [6, 6.07) is 11.4. The number of nitrogens with two attached hydrogens (primary N) is 1. The van der Waals surface area contributed by atoms with Crippen LogP contribution in [-0.4, -0.2) is 62.0 Å². The van der Waals surface area contributed by atoms with Crippen molar-refractivity contribution in [2.75, 3.05) is 32.6 Å². The molecule has 0 aliphatic rings. The Balaban J connectivity index is 1.46. The third kappa shape index (κ3) is 8.86. The van der Waals surface area contributed by atoms with Crippen molar-refractivity contribution in [2.24, 2.45) is 5.73 Å². The molecule has 1 atom stereocenters. The monoisotopic (exact) mass is 730 g/mol. The van der Waals surface area contributed by atoms with Crippen LogP contribution in [0.15, 0.2) is 58.8 Å². The van der Waals surface area contributed by atoms with E-state index in [-0.39, 0.29) is 47.6 Å². The smallest absolute Gasteiger partial charge is 0.417 e. The van der Waals surface area contributed by atoms with Crippen LogP contribution in [0.2, 0.25) is 0 Å². The molecule has 7 N–H and O–H groups in total. The van der Waals surface area contributed by atoms with E-state index in [9.17, 15) is 46.1 Å². The molecule has 4 aromatic rings. The highest BCUT2D eigenvalue weighted by Gasteiger charge is 2.35. The Hall–Kier alpha value is -4.57. The number of carbonyl (C=O) groups is 1. The highest BCUT2D eigenvalue weighted by Crippen LogP contribution is 2.44. The molecule has 4 rings (SSSR count). The van der Waals surface area contributed by atoms with E-state index in [1.165, 1.54) is 42.5 Å². The SMILES string of the molecule is N#Cc1ccc(OP(=O)(O)CNS(=O)(=O)c2cc3cc(OCCN)c(OCCNC(=O)c4cccc(O)c4O)cc3s2)cc1C(F)(F)F. The minimum absolute atomic E-state index is 0.0421. The van der Waals surface area contributed by atoms with E-state index in [4.69, 9.17) is 25.0 Å². The van der Waals surface area contributed by atoms with Crippen molar-refractivity contribution in [3.8, 4) is 34.8 Å². The van der Waals surface area contributed by atoms with Gasteiger partial charge in [-0.05, 0) is 47.9 Å². The quantitative estimate of drug-likeness (QED) is 0.0618. The van der Waals surface area contributed by atoms with Crippen LogP contribution in [-0.2, 0) is 20.8 Å². The number of sulfonamides is 1. The standard InChI is InChI=1S/C28H26F3N4O10PS2/c29-28(30,31)20-12-18(5-4-16(20)14-33)45-46(39,40)15-35-48(41,42)25-11-17-10-22(43-8-6-32)23(13-24(17)47-25)44-9-7-34-27(38)19-2-1-3-21(36)26(19)37/h1-5,10-13,35-37H,6-9,15,32H2,(H,34,38)(H,39,40). The molecule has 48 heavy (non-hydrogen) atoms. The third-order valence-electron chi connectivity index (χ3n) is 6.22. The van der Waals surface area contributed by atoms with Crippen molar-refractivity contribution >= 4 is 44.9 Å². The predicted molar refractivity (Wildman–Crippen MR) is 166 cm³/mol. The van der Waals surface area contributed by atoms with E-state index >= 15 is 0 Å². The molecule has 0 bridgehead atoms. The van der Waals surface area contributed by atoms with Gasteiger partial charge in [0, 0.05) is 17.3 Å². The minimum atomic E-state index is -4.96. The maximum atomic E-state index is 13.2. The molecule has 0 saturated heterocycles. The Kier molecular flexibility index (Phi) is 11.1. The number of benzene rings is 3. The van der Waals surface area contributed by atoms with E-state index in [1.807, 2.05) is 4.72 Å². The average Bonchev–Trinajstić information content (AvgIpc) is 3.45. The number of rotatable bonds is 14. The number of aromatic hydroxyl groups is 2. The van der Waals surface area contributed by atoms with Crippen LogP contribution >= 0.6 is 18.9 Å². The maximum Gasteiger partial charge on any atom is 0.417 e. The molecule has 1 amide bonds. The number of nitrogens with zero attached hydrogens (tertiary/aromatic N) is 1. The number of thiophene rings is 1. The van der Waals surface area contributed by atoms with Gasteiger partial charge in [0.1, 0.15) is 29.5 Å². The fourth-order valence-electron chi connectivity index (χ4n) is 4.03. The van der Waals surface area contributed by atoms with E-state index in [2.05, 4.69) is 5.32 Å². The molecule has 0 spiro atoms. The van der Waals surface area contributed by atoms with Gasteiger partial charge in [0.25, 0.3) is 15.9 Å². The molecule has 20 heteroatoms. The number of amides is 1. The summed E-state index contributed by atoms with van der Waals surface area (Å²) >= 11 is 0.759. The first kappa shape index (κ1) is 36.3. The van der Waals surface area contributed by atoms with Gasteiger partial charge in [0.2, 0.25) is 0 Å². The zero-order valence-electron chi connectivity index (χ0n) is 24.4. The van der Waals surface area contributed by atoms with Gasteiger partial charge in [-0.15, -0.1) is 11.3 Å². The van der Waals surface area contributed by atoms with Gasteiger partial charge in [-0.3, -0.25) is 4.79 Å². The van der Waals surface area contributed by atoms with Crippen LogP contribution in [0.5, 0.6) is 28.7 Å². The van der Waals surface area contributed by atoms with E-state index in [0.717, 1.165) is 23.5 Å². The van der Waals surface area contributed by atoms with E-state index < -0.39 is 64.4 Å². The van der Waals surface area contributed by atoms with Gasteiger partial charge in [-0.25, -0.2) is 13.0 Å². The molecular weight excluding hydrogens is 704 g/mol. The van der Waals surface area contributed by atoms with Crippen LogP contribution < -0.4 is 29.8 Å². The zero-order valence-corrected chi connectivity index (χ0v) is 26.9. The van der Waals surface area contributed by atoms with Crippen LogP contribution in [0.1, 0.15) is 21.5 Å². The van der Waals surface area contributed by atoms with Crippen LogP contribution in [0.3, 0.4) is 0 Å². The van der Waals surface area contributed by atoms with Crippen molar-refractivity contribution in [2.45, 2.75) is 10.4 Å². The summed E-state index contributed by atoms with van der Waals surface area (Å²) in [5, 5.41) is 31.3. The summed E-state index contributed by atoms with van der Waals surface area (Å²) in [5.41, 5.74) is 3.24. The second-order valence-corrected chi connectivity index (χ2v) is 14.5. The van der Waals surface area contributed by atoms with Crippen molar-refractivity contribution in [3.05, 3.63) is 71.3 Å². The molecular formula is C28H26F3N4O10PS2. The minimum Gasteiger partial charge on any atom is -0.504 e. The van der Waals surface area contributed by atoms with Crippen molar-refractivity contribution in [3.63, 3.8) is 0 Å². The molecule has 1 heterocycles. The number of phenolic OH excluding ortho intramolecular Hbond substituents is 2. The second-order valence-electron chi connectivity index (χ2n) is 9.67. The number of hydrogen-bond donors (Lipinski definition) is 6. The van der Waals surface area contributed by atoms with Gasteiger partial charge < -0.3 is 40.2 Å². The largest absolute Gasteiger partial charge is 0.504 e. The fraction of sp³-hybridized carbons (Fsp3) is 0.214. The Morgan fingerprint density at radius 3 is 2.46 bits per heavy atom. The Labute approximate surface area is 274 Å². The predicted octanol–water partition coefficient (Wildman–Crippen LogP) is 3.85. The normalized spacial score (nSPS) is 13.0. The highest BCUT2D eigenvalue weighted by atomic mass is 32.2. The number of para-hydroxylation sites is 1. The summed E-state index contributed by atoms with van der Waals surface area (Å²) in [4.78, 5) is 22.6. The molecule has 1 aromatic heterocycles. The molecule has 0 aliphatic heterocycles. The number of hydrogen-bond acceptors (Lipinski definition) is 12. The third-order valence-corrected chi connectivity index (χ3v) is 10.5. The molecule has 0 aliphatic carbocycles. The van der Waals surface area contributed by atoms with E-state index in [1.54, 1.807) is 0 Å². The second kappa shape index (κ2) is 14.7. The van der Waals surface area contributed by atoms with Crippen LogP contribution in [0.25, 0.3) is 10.1 Å². The molecule has 3 aromatic carbocycles. The summed E-state index contributed by atoms with van der Waals surface area (Å²) in [5.74, 6) is -2.08. The number of halogens is 3. The fourth-order valence-corrected chi connectivity index (χ4v) is 7.99. The number of phenols is 2. The van der Waals surface area contributed by atoms with Crippen LogP contribution in [0, 0.1) is 11.3 Å². The maximum absolute atomic E-state index is 13.2. The number of nitriles is 1. The summed E-state index contributed by atoms with van der Waals surface area (Å²) in [6.45, 7) is 0.0715. The molecule has 256 valence electrons. The Bertz CT molecular complexity index is 2030. The first-order chi connectivity index (χ1) is 22.5. The molecule has 0 fully saturated rings. The van der Waals surface area contributed by atoms with E-state index in [0.29, 0.717) is 16.2 Å². The lowest BCUT2D eigenvalue weighted by atomic mass is 10.1. The number of alkyl halides is 3. The first-order valence-electron chi connectivity index (χ1n) is 13.5. The number of ether oxygens (including phenoxy) is 2. The summed E-state index contributed by atoms with van der Waals surface area (Å²) < 4.78 is 96.5. The number of fused-ring (bicyclic) bond motifs is 1. The highest BCUT2D eigenvalue weighted by molar-refractivity contribution is 7.92. The van der Waals surface area contributed by atoms with Gasteiger partial charge >= 0.3 is 13.8 Å². The molecule has 0 radical (unpaired) electrons. The molecule has 0 saturated carbocycles. The van der Waals surface area contributed by atoms with Crippen molar-refractivity contribution in [1.82, 2.24) is 10.0 Å². The topological polar surface area (TPSA) is 231 Å². The van der Waals surface area contributed by atoms with Crippen molar-refractivity contribution in [1.29, 1.82) is 5.26 Å². The summed E-state index contributed by atoms with van der Waals surface area (Å²) in [6.07, 6.45) is -6.15. The van der Waals surface area contributed by atoms with Crippen LogP contribution in [0.4, 0.5) is 13.2 Å². The summed E-state index contributed by atoms with van der Waals surface area (Å²) in [7, 11) is -9.33. The number of carbonyl (C=O) groups excluding carboxylic acids is 1. The Morgan fingerprint density at radius 2 is 1.77 bits per heavy atom. The molecule has 1 unspecified atom stereocenters. The Morgan fingerprint density at radius 1 is 1.06 bits per heavy atom. The van der Waals surface area contributed by atoms with Gasteiger partial charge in [0.05, 0.1) is 29.3 Å². The zero-order chi connectivity index (χ0) is 35.3. The van der Waals surface area contributed by atoms with Gasteiger partial charge in [0.15, 0.2) is 23.0 Å². The number of nitrogens with one attached hydrogen (secondary N) is 2. The first-order valence-corrected chi connectivity index (χ1v) is 17.6. The van der Waals surface area contributed by atoms with Gasteiger partial charge in [-0.1, -0.05) is 6.07 Å². The van der Waals surface area contributed by atoms with Crippen molar-refractivity contribution < 1.29 is 60.1 Å².